The minimum atomic E-state index is -0.425. The van der Waals surface area contributed by atoms with E-state index in [-0.39, 0.29) is 23.7 Å². The molecule has 0 bridgehead atoms. The Morgan fingerprint density at radius 2 is 1.86 bits per heavy atom. The quantitative estimate of drug-likeness (QED) is 0.773. The first-order valence-corrected chi connectivity index (χ1v) is 11.1. The van der Waals surface area contributed by atoms with Gasteiger partial charge in [0.2, 0.25) is 0 Å². The number of aliphatic hydroxyl groups excluding tert-OH is 1. The lowest BCUT2D eigenvalue weighted by Crippen LogP contribution is -2.52. The molecule has 0 radical (unpaired) electrons. The van der Waals surface area contributed by atoms with Crippen molar-refractivity contribution in [1.29, 1.82) is 0 Å². The molecular formula is C22H27Cl2NO3. The molecule has 0 amide bonds. The molecule has 2 aliphatic heterocycles. The number of ketones is 1. The van der Waals surface area contributed by atoms with E-state index >= 15 is 0 Å². The number of hydrogen-bond donors (Lipinski definition) is 1. The number of likely N-dealkylation sites (tertiary alicyclic amines) is 1. The summed E-state index contributed by atoms with van der Waals surface area (Å²) in [6.07, 6.45) is 7.09. The van der Waals surface area contributed by atoms with Crippen LogP contribution in [0.1, 0.15) is 44.1 Å². The lowest BCUT2D eigenvalue weighted by molar-refractivity contribution is -0.133. The lowest BCUT2D eigenvalue weighted by atomic mass is 9.72. The van der Waals surface area contributed by atoms with Crippen LogP contribution in [0.15, 0.2) is 24.5 Å². The number of Topliss-reactive ketones (excluding diaryl/α,β-unsaturated/α-hetero) is 1. The number of benzene rings is 1. The van der Waals surface area contributed by atoms with Crippen LogP contribution in [-0.2, 0) is 9.53 Å². The Kier molecular flexibility index (Phi) is 6.31. The second kappa shape index (κ2) is 8.74. The summed E-state index contributed by atoms with van der Waals surface area (Å²) in [7, 11) is 0. The number of fused-ring (bicyclic) bond motifs is 1. The van der Waals surface area contributed by atoms with Gasteiger partial charge in [0.05, 0.1) is 28.9 Å². The number of hydrogen-bond acceptors (Lipinski definition) is 4. The maximum atomic E-state index is 13.3. The van der Waals surface area contributed by atoms with Gasteiger partial charge in [0.25, 0.3) is 0 Å². The van der Waals surface area contributed by atoms with Crippen LogP contribution in [0.5, 0.6) is 0 Å². The van der Waals surface area contributed by atoms with E-state index in [1.165, 1.54) is 25.7 Å². The third kappa shape index (κ3) is 4.11. The molecule has 0 aromatic heterocycles. The number of ether oxygens (including phenoxy) is 1. The van der Waals surface area contributed by atoms with Gasteiger partial charge in [-0.1, -0.05) is 42.1 Å². The molecule has 28 heavy (non-hydrogen) atoms. The van der Waals surface area contributed by atoms with Crippen LogP contribution in [0.25, 0.3) is 5.57 Å². The molecule has 1 aromatic rings. The van der Waals surface area contributed by atoms with Crippen molar-refractivity contribution < 1.29 is 14.6 Å². The number of halogens is 2. The smallest absolute Gasteiger partial charge is 0.173 e. The minimum Gasteiger partial charge on any atom is -0.496 e. The Hall–Kier alpha value is -1.07. The molecule has 0 spiro atoms. The molecule has 4 rings (SSSR count). The summed E-state index contributed by atoms with van der Waals surface area (Å²) >= 11 is 12.3. The van der Waals surface area contributed by atoms with E-state index in [1.807, 2.05) is 0 Å². The van der Waals surface area contributed by atoms with Crippen molar-refractivity contribution in [1.82, 2.24) is 4.90 Å². The van der Waals surface area contributed by atoms with Crippen LogP contribution >= 0.6 is 23.2 Å². The maximum Gasteiger partial charge on any atom is 0.173 e. The number of allylic oxidation sites excluding steroid dienone is 1. The van der Waals surface area contributed by atoms with Gasteiger partial charge < -0.3 is 14.7 Å². The first kappa shape index (κ1) is 20.2. The van der Waals surface area contributed by atoms with Crippen molar-refractivity contribution >= 4 is 34.6 Å². The van der Waals surface area contributed by atoms with Crippen molar-refractivity contribution in [3.63, 3.8) is 0 Å². The van der Waals surface area contributed by atoms with E-state index < -0.39 is 6.10 Å². The van der Waals surface area contributed by atoms with E-state index in [4.69, 9.17) is 27.9 Å². The Morgan fingerprint density at radius 3 is 2.57 bits per heavy atom. The predicted octanol–water partition coefficient (Wildman–Crippen LogP) is 4.57. The number of carbonyl (C=O) groups is 1. The molecule has 2 fully saturated rings. The molecule has 3 aliphatic rings. The van der Waals surface area contributed by atoms with E-state index in [2.05, 4.69) is 4.90 Å². The molecule has 4 unspecified atom stereocenters. The molecule has 1 saturated carbocycles. The van der Waals surface area contributed by atoms with Crippen LogP contribution in [0, 0.1) is 11.8 Å². The summed E-state index contributed by atoms with van der Waals surface area (Å²) in [5, 5.41) is 11.7. The van der Waals surface area contributed by atoms with Crippen LogP contribution in [0.3, 0.4) is 0 Å². The van der Waals surface area contributed by atoms with Gasteiger partial charge in [-0.3, -0.25) is 4.79 Å². The molecule has 4 nitrogen and oxygen atoms in total. The highest BCUT2D eigenvalue weighted by molar-refractivity contribution is 6.37. The number of carbonyl (C=O) groups excluding carboxylic acids is 1. The standard InChI is InChI=1S/C22H27Cl2NO3/c23-14-5-6-15(19(24)11-14)18-13-28-22-16(21(18)27)7-8-20(26)17(22)12-25-9-3-1-2-4-10-25/h5-6,11,13,16-17,20,22,26H,1-4,7-10,12H2. The number of nitrogens with zero attached hydrogens (tertiary/aromatic N) is 1. The normalized spacial score (nSPS) is 31.5. The largest absolute Gasteiger partial charge is 0.496 e. The summed E-state index contributed by atoms with van der Waals surface area (Å²) in [5.41, 5.74) is 1.16. The first-order valence-electron chi connectivity index (χ1n) is 10.3. The Labute approximate surface area is 176 Å². The third-order valence-corrected chi connectivity index (χ3v) is 6.97. The zero-order valence-corrected chi connectivity index (χ0v) is 17.5. The summed E-state index contributed by atoms with van der Waals surface area (Å²) in [6, 6.07) is 5.14. The first-order chi connectivity index (χ1) is 13.5. The highest BCUT2D eigenvalue weighted by atomic mass is 35.5. The fraction of sp³-hybridized carbons (Fsp3) is 0.591. The topological polar surface area (TPSA) is 49.8 Å². The molecule has 1 N–H and O–H groups in total. The van der Waals surface area contributed by atoms with Gasteiger partial charge in [-0.25, -0.2) is 0 Å². The molecule has 1 aromatic carbocycles. The molecule has 4 atom stereocenters. The average molecular weight is 424 g/mol. The zero-order chi connectivity index (χ0) is 19.7. The lowest BCUT2D eigenvalue weighted by Gasteiger charge is -2.43. The summed E-state index contributed by atoms with van der Waals surface area (Å²) in [5.74, 6) is -0.209. The van der Waals surface area contributed by atoms with Crippen molar-refractivity contribution in [3.8, 4) is 0 Å². The molecule has 1 aliphatic carbocycles. The summed E-state index contributed by atoms with van der Waals surface area (Å²) < 4.78 is 6.10. The van der Waals surface area contributed by atoms with E-state index in [0.29, 0.717) is 34.0 Å². The Bertz CT molecular complexity index is 758. The maximum absolute atomic E-state index is 13.3. The summed E-state index contributed by atoms with van der Waals surface area (Å²) in [4.78, 5) is 15.7. The molecule has 1 saturated heterocycles. The van der Waals surface area contributed by atoms with Crippen molar-refractivity contribution in [2.45, 2.75) is 50.7 Å². The van der Waals surface area contributed by atoms with E-state index in [9.17, 15) is 9.90 Å². The van der Waals surface area contributed by atoms with E-state index in [0.717, 1.165) is 19.6 Å². The second-order valence-corrected chi connectivity index (χ2v) is 9.09. The van der Waals surface area contributed by atoms with Crippen molar-refractivity contribution in [2.24, 2.45) is 11.8 Å². The van der Waals surface area contributed by atoms with Crippen LogP contribution in [0.4, 0.5) is 0 Å². The van der Waals surface area contributed by atoms with Gasteiger partial charge >= 0.3 is 0 Å². The van der Waals surface area contributed by atoms with Crippen LogP contribution in [0.2, 0.25) is 10.0 Å². The SMILES string of the molecule is O=C1C(c2ccc(Cl)cc2Cl)=COC2C1CCC(O)C2CN1CCCCCC1. The predicted molar refractivity (Wildman–Crippen MR) is 111 cm³/mol. The minimum absolute atomic E-state index is 0.0423. The van der Waals surface area contributed by atoms with Gasteiger partial charge in [0.1, 0.15) is 6.10 Å². The molecule has 6 heteroatoms. The third-order valence-electron chi connectivity index (χ3n) is 6.42. The fourth-order valence-electron chi connectivity index (χ4n) is 4.87. The van der Waals surface area contributed by atoms with Gasteiger partial charge in [-0.05, 0) is 50.9 Å². The van der Waals surface area contributed by atoms with Crippen LogP contribution < -0.4 is 0 Å². The molecule has 152 valence electrons. The van der Waals surface area contributed by atoms with Gasteiger partial charge in [-0.2, -0.15) is 0 Å². The van der Waals surface area contributed by atoms with Gasteiger partial charge in [0.15, 0.2) is 5.78 Å². The highest BCUT2D eigenvalue weighted by Gasteiger charge is 2.46. The average Bonchev–Trinajstić information content (AvgIpc) is 2.94. The second-order valence-electron chi connectivity index (χ2n) is 8.25. The van der Waals surface area contributed by atoms with Crippen molar-refractivity contribution in [2.75, 3.05) is 19.6 Å². The molecule has 2 heterocycles. The number of rotatable bonds is 3. The van der Waals surface area contributed by atoms with Gasteiger partial charge in [0, 0.05) is 23.0 Å². The Morgan fingerprint density at radius 1 is 1.11 bits per heavy atom. The van der Waals surface area contributed by atoms with Crippen LogP contribution in [-0.4, -0.2) is 47.6 Å². The fourth-order valence-corrected chi connectivity index (χ4v) is 5.38. The zero-order valence-electron chi connectivity index (χ0n) is 15.9. The van der Waals surface area contributed by atoms with Crippen molar-refractivity contribution in [3.05, 3.63) is 40.1 Å². The summed E-state index contributed by atoms with van der Waals surface area (Å²) in [6.45, 7) is 2.92. The number of aliphatic hydroxyl groups is 1. The molecular weight excluding hydrogens is 397 g/mol. The Balaban J connectivity index is 1.55. The van der Waals surface area contributed by atoms with E-state index in [1.54, 1.807) is 24.5 Å². The van der Waals surface area contributed by atoms with Gasteiger partial charge in [-0.15, -0.1) is 0 Å². The monoisotopic (exact) mass is 423 g/mol. The highest BCUT2D eigenvalue weighted by Crippen LogP contribution is 2.41.